The monoisotopic (exact) mass is 379 g/mol. The first kappa shape index (κ1) is 18.5. The molecule has 25 heavy (non-hydrogen) atoms. The first-order valence-electron chi connectivity index (χ1n) is 8.65. The number of morpholine rings is 1. The van der Waals surface area contributed by atoms with Gasteiger partial charge in [-0.2, -0.15) is 11.3 Å². The maximum Gasteiger partial charge on any atom is 0.263 e. The molecule has 2 aromatic heterocycles. The van der Waals surface area contributed by atoms with Gasteiger partial charge in [0.1, 0.15) is 9.88 Å². The molecule has 0 spiro atoms. The van der Waals surface area contributed by atoms with Crippen molar-refractivity contribution in [2.24, 2.45) is 5.92 Å². The number of aryl methyl sites for hydroxylation is 1. The van der Waals surface area contributed by atoms with Crippen LogP contribution in [-0.4, -0.2) is 54.7 Å². The zero-order valence-corrected chi connectivity index (χ0v) is 16.6. The Morgan fingerprint density at radius 2 is 2.36 bits per heavy atom. The fourth-order valence-corrected chi connectivity index (χ4v) is 4.68. The standard InChI is InChI=1S/C18H25N3O2S2/c1-12(2)9-21-5-6-23-15(10-21)8-19-17(22)16-13(3)20-18(25-16)14-4-7-24-11-14/h4,7,11-12,15H,5-6,8-10H2,1-3H3,(H,19,22). The smallest absolute Gasteiger partial charge is 0.263 e. The third-order valence-electron chi connectivity index (χ3n) is 4.11. The van der Waals surface area contributed by atoms with E-state index >= 15 is 0 Å². The topological polar surface area (TPSA) is 54.5 Å². The molecule has 136 valence electrons. The average molecular weight is 380 g/mol. The fraction of sp³-hybridized carbons (Fsp3) is 0.556. The summed E-state index contributed by atoms with van der Waals surface area (Å²) in [4.78, 5) is 20.2. The number of hydrogen-bond acceptors (Lipinski definition) is 6. The molecule has 1 fully saturated rings. The van der Waals surface area contributed by atoms with Crippen LogP contribution in [0.25, 0.3) is 10.6 Å². The highest BCUT2D eigenvalue weighted by Gasteiger charge is 2.23. The molecule has 1 saturated heterocycles. The molecule has 2 aromatic rings. The number of thiazole rings is 1. The van der Waals surface area contributed by atoms with Crippen LogP contribution in [0.3, 0.4) is 0 Å². The largest absolute Gasteiger partial charge is 0.374 e. The maximum absolute atomic E-state index is 12.5. The van der Waals surface area contributed by atoms with Crippen LogP contribution in [0, 0.1) is 12.8 Å². The van der Waals surface area contributed by atoms with Crippen molar-refractivity contribution in [1.82, 2.24) is 15.2 Å². The van der Waals surface area contributed by atoms with Gasteiger partial charge < -0.3 is 10.1 Å². The highest BCUT2D eigenvalue weighted by Crippen LogP contribution is 2.29. The molecular formula is C18H25N3O2S2. The Kier molecular flexibility index (Phi) is 6.22. The number of rotatable bonds is 6. The van der Waals surface area contributed by atoms with Gasteiger partial charge in [0.2, 0.25) is 0 Å². The maximum atomic E-state index is 12.5. The zero-order valence-electron chi connectivity index (χ0n) is 14.9. The molecule has 1 unspecified atom stereocenters. The van der Waals surface area contributed by atoms with Crippen molar-refractivity contribution in [1.29, 1.82) is 0 Å². The van der Waals surface area contributed by atoms with Gasteiger partial charge in [0.15, 0.2) is 0 Å². The SMILES string of the molecule is Cc1nc(-c2ccsc2)sc1C(=O)NCC1CN(CC(C)C)CCO1. The number of nitrogens with one attached hydrogen (secondary N) is 1. The van der Waals surface area contributed by atoms with Crippen molar-refractivity contribution >= 4 is 28.6 Å². The lowest BCUT2D eigenvalue weighted by Crippen LogP contribution is -2.48. The van der Waals surface area contributed by atoms with E-state index in [1.54, 1.807) is 11.3 Å². The average Bonchev–Trinajstić information content (AvgIpc) is 3.21. The van der Waals surface area contributed by atoms with Crippen LogP contribution in [0.4, 0.5) is 0 Å². The Morgan fingerprint density at radius 1 is 1.52 bits per heavy atom. The second-order valence-corrected chi connectivity index (χ2v) is 8.58. The molecule has 0 bridgehead atoms. The minimum atomic E-state index is -0.0546. The van der Waals surface area contributed by atoms with E-state index < -0.39 is 0 Å². The number of carbonyl (C=O) groups is 1. The summed E-state index contributed by atoms with van der Waals surface area (Å²) in [7, 11) is 0. The molecule has 1 amide bonds. The van der Waals surface area contributed by atoms with Crippen LogP contribution < -0.4 is 5.32 Å². The van der Waals surface area contributed by atoms with Crippen molar-refractivity contribution in [3.8, 4) is 10.6 Å². The van der Waals surface area contributed by atoms with Gasteiger partial charge >= 0.3 is 0 Å². The summed E-state index contributed by atoms with van der Waals surface area (Å²) in [5.74, 6) is 0.588. The lowest BCUT2D eigenvalue weighted by atomic mass is 10.2. The summed E-state index contributed by atoms with van der Waals surface area (Å²) < 4.78 is 5.80. The second-order valence-electron chi connectivity index (χ2n) is 6.80. The molecule has 0 saturated carbocycles. The molecule has 1 aliphatic rings. The zero-order chi connectivity index (χ0) is 17.8. The highest BCUT2D eigenvalue weighted by atomic mass is 32.1. The van der Waals surface area contributed by atoms with E-state index in [9.17, 15) is 4.79 Å². The Balaban J connectivity index is 1.56. The quantitative estimate of drug-likeness (QED) is 0.837. The number of ether oxygens (including phenoxy) is 1. The Morgan fingerprint density at radius 3 is 3.08 bits per heavy atom. The Labute approximate surface area is 157 Å². The van der Waals surface area contributed by atoms with E-state index in [0.29, 0.717) is 17.3 Å². The summed E-state index contributed by atoms with van der Waals surface area (Å²) in [6, 6.07) is 2.03. The van der Waals surface area contributed by atoms with Gasteiger partial charge in [-0.15, -0.1) is 11.3 Å². The van der Waals surface area contributed by atoms with Gasteiger partial charge in [-0.25, -0.2) is 4.98 Å². The summed E-state index contributed by atoms with van der Waals surface area (Å²) in [5, 5.41) is 8.01. The van der Waals surface area contributed by atoms with E-state index in [1.807, 2.05) is 18.4 Å². The van der Waals surface area contributed by atoms with Gasteiger partial charge in [-0.3, -0.25) is 9.69 Å². The van der Waals surface area contributed by atoms with Crippen molar-refractivity contribution in [2.45, 2.75) is 26.9 Å². The minimum absolute atomic E-state index is 0.0546. The van der Waals surface area contributed by atoms with E-state index in [4.69, 9.17) is 4.74 Å². The van der Waals surface area contributed by atoms with Crippen LogP contribution in [0.1, 0.15) is 29.2 Å². The molecule has 1 N–H and O–H groups in total. The molecule has 3 rings (SSSR count). The van der Waals surface area contributed by atoms with Crippen molar-refractivity contribution in [3.05, 3.63) is 27.4 Å². The second kappa shape index (κ2) is 8.40. The normalized spacial score (nSPS) is 18.6. The molecule has 0 aromatic carbocycles. The van der Waals surface area contributed by atoms with Crippen molar-refractivity contribution in [2.75, 3.05) is 32.8 Å². The number of carbonyl (C=O) groups excluding carboxylic acids is 1. The van der Waals surface area contributed by atoms with Crippen LogP contribution >= 0.6 is 22.7 Å². The van der Waals surface area contributed by atoms with Crippen LogP contribution in [0.5, 0.6) is 0 Å². The number of hydrogen-bond donors (Lipinski definition) is 1. The molecule has 3 heterocycles. The van der Waals surface area contributed by atoms with E-state index in [0.717, 1.165) is 42.5 Å². The van der Waals surface area contributed by atoms with Gasteiger partial charge in [-0.05, 0) is 24.3 Å². The van der Waals surface area contributed by atoms with E-state index in [1.165, 1.54) is 11.3 Å². The van der Waals surface area contributed by atoms with Gasteiger partial charge in [0.05, 0.1) is 18.4 Å². The molecule has 7 heteroatoms. The number of aromatic nitrogens is 1. The van der Waals surface area contributed by atoms with E-state index in [2.05, 4.69) is 34.4 Å². The lowest BCUT2D eigenvalue weighted by Gasteiger charge is -2.33. The van der Waals surface area contributed by atoms with Gasteiger partial charge in [-0.1, -0.05) is 13.8 Å². The summed E-state index contributed by atoms with van der Waals surface area (Å²) in [6.07, 6.45) is 0.0565. The number of amides is 1. The number of nitrogens with zero attached hydrogens (tertiary/aromatic N) is 2. The first-order chi connectivity index (χ1) is 12.0. The van der Waals surface area contributed by atoms with Gasteiger partial charge in [0, 0.05) is 37.1 Å². The molecule has 1 atom stereocenters. The Bertz CT molecular complexity index is 697. The Hall–Kier alpha value is -1.28. The number of thiophene rings is 1. The third-order valence-corrected chi connectivity index (χ3v) is 6.00. The fourth-order valence-electron chi connectivity index (χ4n) is 2.99. The molecule has 5 nitrogen and oxygen atoms in total. The van der Waals surface area contributed by atoms with E-state index in [-0.39, 0.29) is 12.0 Å². The molecule has 0 aliphatic carbocycles. The predicted octanol–water partition coefficient (Wildman–Crippen LogP) is 3.27. The summed E-state index contributed by atoms with van der Waals surface area (Å²) in [5.41, 5.74) is 1.87. The van der Waals surface area contributed by atoms with Gasteiger partial charge in [0.25, 0.3) is 5.91 Å². The predicted molar refractivity (Wildman–Crippen MR) is 104 cm³/mol. The summed E-state index contributed by atoms with van der Waals surface area (Å²) in [6.45, 7) is 10.5. The minimum Gasteiger partial charge on any atom is -0.374 e. The molecule has 0 radical (unpaired) electrons. The third kappa shape index (κ3) is 4.88. The summed E-state index contributed by atoms with van der Waals surface area (Å²) >= 11 is 3.09. The van der Waals surface area contributed by atoms with Crippen molar-refractivity contribution in [3.63, 3.8) is 0 Å². The first-order valence-corrected chi connectivity index (χ1v) is 10.4. The van der Waals surface area contributed by atoms with Crippen LogP contribution in [-0.2, 0) is 4.74 Å². The van der Waals surface area contributed by atoms with Crippen LogP contribution in [0.2, 0.25) is 0 Å². The highest BCUT2D eigenvalue weighted by molar-refractivity contribution is 7.17. The molecule has 1 aliphatic heterocycles. The lowest BCUT2D eigenvalue weighted by molar-refractivity contribution is -0.0295. The van der Waals surface area contributed by atoms with Crippen LogP contribution in [0.15, 0.2) is 16.8 Å². The molecular weight excluding hydrogens is 354 g/mol. The van der Waals surface area contributed by atoms with Crippen molar-refractivity contribution < 1.29 is 9.53 Å².